The summed E-state index contributed by atoms with van der Waals surface area (Å²) in [6.07, 6.45) is 0.146. The molecular weight excluding hydrogens is 386 g/mol. The number of rotatable bonds is 3. The minimum atomic E-state index is -0.874. The summed E-state index contributed by atoms with van der Waals surface area (Å²) in [6.45, 7) is 3.26. The van der Waals surface area contributed by atoms with Crippen LogP contribution in [0.4, 0.5) is 5.69 Å². The van der Waals surface area contributed by atoms with E-state index in [9.17, 15) is 19.2 Å². The van der Waals surface area contributed by atoms with Gasteiger partial charge in [0.1, 0.15) is 0 Å². The Morgan fingerprint density at radius 1 is 1.14 bits per heavy atom. The molecule has 2 saturated heterocycles. The van der Waals surface area contributed by atoms with Gasteiger partial charge in [0.15, 0.2) is 0 Å². The van der Waals surface area contributed by atoms with E-state index in [1.165, 1.54) is 4.90 Å². The molecule has 0 bridgehead atoms. The molecule has 2 aliphatic heterocycles. The Morgan fingerprint density at radius 2 is 1.82 bits per heavy atom. The van der Waals surface area contributed by atoms with E-state index in [1.54, 1.807) is 41.0 Å². The summed E-state index contributed by atoms with van der Waals surface area (Å²) >= 11 is 5.99. The standard InChI is InChI=1S/C19H22ClN3O5/c1-2-28-19(27)18(26)22-8-6-21(7-9-22)17(25)13-10-16(24)23(12-13)15-5-3-4-14(20)11-15/h3-5,11,13H,2,6-10,12H2,1H3/t13-/m1/s1. The number of hydrogen-bond donors (Lipinski definition) is 0. The van der Waals surface area contributed by atoms with Crippen molar-refractivity contribution in [3.05, 3.63) is 29.3 Å². The van der Waals surface area contributed by atoms with Crippen molar-refractivity contribution in [2.45, 2.75) is 13.3 Å². The van der Waals surface area contributed by atoms with Gasteiger partial charge in [-0.1, -0.05) is 17.7 Å². The van der Waals surface area contributed by atoms with Crippen LogP contribution in [0.5, 0.6) is 0 Å². The van der Waals surface area contributed by atoms with Crippen molar-refractivity contribution < 1.29 is 23.9 Å². The first-order valence-corrected chi connectivity index (χ1v) is 9.59. The third-order valence-corrected chi connectivity index (χ3v) is 5.16. The number of nitrogens with zero attached hydrogens (tertiary/aromatic N) is 3. The molecule has 0 saturated carbocycles. The third kappa shape index (κ3) is 4.27. The second-order valence-electron chi connectivity index (χ2n) is 6.72. The summed E-state index contributed by atoms with van der Waals surface area (Å²) in [5, 5.41) is 0.530. The highest BCUT2D eigenvalue weighted by atomic mass is 35.5. The Labute approximate surface area is 168 Å². The van der Waals surface area contributed by atoms with E-state index in [1.807, 2.05) is 0 Å². The van der Waals surface area contributed by atoms with E-state index < -0.39 is 17.8 Å². The van der Waals surface area contributed by atoms with Gasteiger partial charge in [0.2, 0.25) is 11.8 Å². The molecule has 1 atom stereocenters. The van der Waals surface area contributed by atoms with Gasteiger partial charge >= 0.3 is 11.9 Å². The van der Waals surface area contributed by atoms with Crippen molar-refractivity contribution in [1.29, 1.82) is 0 Å². The van der Waals surface area contributed by atoms with E-state index >= 15 is 0 Å². The fourth-order valence-electron chi connectivity index (χ4n) is 3.48. The molecule has 8 nitrogen and oxygen atoms in total. The predicted octanol–water partition coefficient (Wildman–Crippen LogP) is 0.927. The molecule has 0 spiro atoms. The summed E-state index contributed by atoms with van der Waals surface area (Å²) in [5.74, 6) is -2.21. The zero-order chi connectivity index (χ0) is 20.3. The maximum atomic E-state index is 12.8. The molecule has 3 rings (SSSR count). The minimum Gasteiger partial charge on any atom is -0.459 e. The zero-order valence-corrected chi connectivity index (χ0v) is 16.4. The molecule has 28 heavy (non-hydrogen) atoms. The monoisotopic (exact) mass is 407 g/mol. The van der Waals surface area contributed by atoms with Crippen molar-refractivity contribution in [2.24, 2.45) is 5.92 Å². The topological polar surface area (TPSA) is 87.2 Å². The fourth-order valence-corrected chi connectivity index (χ4v) is 3.66. The van der Waals surface area contributed by atoms with E-state index in [-0.39, 0.29) is 37.9 Å². The lowest BCUT2D eigenvalue weighted by molar-refractivity contribution is -0.161. The number of benzene rings is 1. The van der Waals surface area contributed by atoms with E-state index in [2.05, 4.69) is 0 Å². The summed E-state index contributed by atoms with van der Waals surface area (Å²) in [7, 11) is 0. The van der Waals surface area contributed by atoms with Crippen LogP contribution in [-0.4, -0.2) is 72.8 Å². The van der Waals surface area contributed by atoms with Crippen LogP contribution in [0.1, 0.15) is 13.3 Å². The summed E-state index contributed by atoms with van der Waals surface area (Å²) in [5.41, 5.74) is 0.678. The normalized spacial score (nSPS) is 19.7. The molecule has 0 unspecified atom stereocenters. The molecule has 0 N–H and O–H groups in total. The first kappa shape index (κ1) is 20.1. The number of piperazine rings is 1. The van der Waals surface area contributed by atoms with Crippen LogP contribution < -0.4 is 4.90 Å². The number of halogens is 1. The van der Waals surface area contributed by atoms with Crippen LogP contribution in [-0.2, 0) is 23.9 Å². The maximum Gasteiger partial charge on any atom is 0.397 e. The zero-order valence-electron chi connectivity index (χ0n) is 15.6. The van der Waals surface area contributed by atoms with Crippen LogP contribution in [0.25, 0.3) is 0 Å². The molecule has 2 aliphatic rings. The average Bonchev–Trinajstić information content (AvgIpc) is 3.09. The van der Waals surface area contributed by atoms with Gasteiger partial charge < -0.3 is 19.4 Å². The number of anilines is 1. The Kier molecular flexibility index (Phi) is 6.18. The fraction of sp³-hybridized carbons (Fsp3) is 0.474. The summed E-state index contributed by atoms with van der Waals surface area (Å²) in [4.78, 5) is 53.3. The Balaban J connectivity index is 1.56. The van der Waals surface area contributed by atoms with E-state index in [4.69, 9.17) is 16.3 Å². The molecule has 2 fully saturated rings. The number of ether oxygens (including phenoxy) is 1. The molecule has 9 heteroatoms. The molecule has 150 valence electrons. The third-order valence-electron chi connectivity index (χ3n) is 4.92. The van der Waals surface area contributed by atoms with Crippen LogP contribution >= 0.6 is 11.6 Å². The Hall–Kier alpha value is -2.61. The molecule has 0 aromatic heterocycles. The average molecular weight is 408 g/mol. The number of carbonyl (C=O) groups excluding carboxylic acids is 4. The van der Waals surface area contributed by atoms with E-state index in [0.717, 1.165) is 0 Å². The Morgan fingerprint density at radius 3 is 2.46 bits per heavy atom. The SMILES string of the molecule is CCOC(=O)C(=O)N1CCN(C(=O)[C@@H]2CC(=O)N(c3cccc(Cl)c3)C2)CC1. The van der Waals surface area contributed by atoms with Crippen LogP contribution in [0, 0.1) is 5.92 Å². The quantitative estimate of drug-likeness (QED) is 0.549. The van der Waals surface area contributed by atoms with Crippen molar-refractivity contribution in [2.75, 3.05) is 44.2 Å². The largest absolute Gasteiger partial charge is 0.459 e. The molecule has 0 aliphatic carbocycles. The van der Waals surface area contributed by atoms with Crippen molar-refractivity contribution in [3.63, 3.8) is 0 Å². The van der Waals surface area contributed by atoms with Crippen LogP contribution in [0.15, 0.2) is 24.3 Å². The first-order valence-electron chi connectivity index (χ1n) is 9.21. The highest BCUT2D eigenvalue weighted by Crippen LogP contribution is 2.28. The molecule has 1 aromatic rings. The first-order chi connectivity index (χ1) is 13.4. The molecule has 1 aromatic carbocycles. The second-order valence-corrected chi connectivity index (χ2v) is 7.16. The summed E-state index contributed by atoms with van der Waals surface area (Å²) < 4.78 is 4.72. The molecule has 2 heterocycles. The number of amides is 3. The predicted molar refractivity (Wildman–Crippen MR) is 102 cm³/mol. The van der Waals surface area contributed by atoms with Gasteiger partial charge in [-0.2, -0.15) is 0 Å². The lowest BCUT2D eigenvalue weighted by atomic mass is 10.1. The molecule has 0 radical (unpaired) electrons. The molecule has 3 amide bonds. The summed E-state index contributed by atoms with van der Waals surface area (Å²) in [6, 6.07) is 6.98. The van der Waals surface area contributed by atoms with Crippen LogP contribution in [0.2, 0.25) is 5.02 Å². The highest BCUT2D eigenvalue weighted by molar-refractivity contribution is 6.32. The van der Waals surface area contributed by atoms with Gasteiger partial charge in [-0.05, 0) is 25.1 Å². The van der Waals surface area contributed by atoms with Gasteiger partial charge in [-0.25, -0.2) is 4.79 Å². The smallest absolute Gasteiger partial charge is 0.397 e. The van der Waals surface area contributed by atoms with E-state index in [0.29, 0.717) is 30.3 Å². The minimum absolute atomic E-state index is 0.110. The Bertz CT molecular complexity index is 792. The van der Waals surface area contributed by atoms with Gasteiger partial charge in [-0.3, -0.25) is 14.4 Å². The maximum absolute atomic E-state index is 12.8. The van der Waals surface area contributed by atoms with Crippen molar-refractivity contribution in [1.82, 2.24) is 9.80 Å². The van der Waals surface area contributed by atoms with Gasteiger partial charge in [-0.15, -0.1) is 0 Å². The lowest BCUT2D eigenvalue weighted by Gasteiger charge is -2.35. The number of carbonyl (C=O) groups is 4. The number of hydrogen-bond acceptors (Lipinski definition) is 5. The second kappa shape index (κ2) is 8.60. The van der Waals surface area contributed by atoms with Gasteiger partial charge in [0, 0.05) is 49.9 Å². The molecular formula is C19H22ClN3O5. The van der Waals surface area contributed by atoms with Gasteiger partial charge in [0.25, 0.3) is 0 Å². The number of esters is 1. The van der Waals surface area contributed by atoms with Gasteiger partial charge in [0.05, 0.1) is 12.5 Å². The van der Waals surface area contributed by atoms with Crippen LogP contribution in [0.3, 0.4) is 0 Å². The lowest BCUT2D eigenvalue weighted by Crippen LogP contribution is -2.53. The highest BCUT2D eigenvalue weighted by Gasteiger charge is 2.38. The van der Waals surface area contributed by atoms with Crippen molar-refractivity contribution in [3.8, 4) is 0 Å². The van der Waals surface area contributed by atoms with Crippen molar-refractivity contribution >= 4 is 41.0 Å².